The van der Waals surface area contributed by atoms with Crippen molar-refractivity contribution >= 4 is 17.7 Å². The first kappa shape index (κ1) is 14.1. The van der Waals surface area contributed by atoms with Gasteiger partial charge in [-0.25, -0.2) is 4.79 Å². The van der Waals surface area contributed by atoms with Crippen molar-refractivity contribution in [3.8, 4) is 0 Å². The quantitative estimate of drug-likeness (QED) is 0.942. The van der Waals surface area contributed by atoms with E-state index in [0.29, 0.717) is 5.69 Å². The minimum Gasteiger partial charge on any atom is -0.481 e. The highest BCUT2D eigenvalue weighted by Gasteiger charge is 2.51. The van der Waals surface area contributed by atoms with E-state index in [4.69, 9.17) is 4.74 Å². The van der Waals surface area contributed by atoms with Gasteiger partial charge >= 0.3 is 12.1 Å². The number of carboxylic acid groups (broad SMARTS) is 1. The van der Waals surface area contributed by atoms with Gasteiger partial charge in [0.25, 0.3) is 0 Å². The maximum atomic E-state index is 12.3. The highest BCUT2D eigenvalue weighted by Crippen LogP contribution is 2.41. The average molecular weight is 297 g/mol. The molecule has 1 aliphatic rings. The Kier molecular flexibility index (Phi) is 3.55. The first-order chi connectivity index (χ1) is 10.6. The molecule has 1 saturated heterocycles. The summed E-state index contributed by atoms with van der Waals surface area (Å²) < 4.78 is 5.21. The second kappa shape index (κ2) is 5.52. The monoisotopic (exact) mass is 297 g/mol. The molecule has 0 spiro atoms. The van der Waals surface area contributed by atoms with Gasteiger partial charge in [0.15, 0.2) is 0 Å². The predicted octanol–water partition coefficient (Wildman–Crippen LogP) is 3.01. The highest BCUT2D eigenvalue weighted by molar-refractivity contribution is 5.93. The third-order valence-corrected chi connectivity index (χ3v) is 3.81. The van der Waals surface area contributed by atoms with Crippen LogP contribution in [-0.2, 0) is 15.1 Å². The van der Waals surface area contributed by atoms with E-state index in [9.17, 15) is 14.7 Å². The number of aliphatic carboxylic acids is 1. The second-order valence-electron chi connectivity index (χ2n) is 5.19. The molecule has 0 aliphatic carbocycles. The molecular weight excluding hydrogens is 282 g/mol. The average Bonchev–Trinajstić information content (AvgIpc) is 2.86. The van der Waals surface area contributed by atoms with Gasteiger partial charge in [0.2, 0.25) is 0 Å². The zero-order chi connectivity index (χ0) is 15.6. The van der Waals surface area contributed by atoms with Crippen LogP contribution in [0.15, 0.2) is 60.7 Å². The number of para-hydroxylation sites is 1. The van der Waals surface area contributed by atoms with Gasteiger partial charge in [0, 0.05) is 5.69 Å². The third kappa shape index (κ3) is 2.30. The molecule has 1 unspecified atom stereocenters. The third-order valence-electron chi connectivity index (χ3n) is 3.81. The lowest BCUT2D eigenvalue weighted by Gasteiger charge is -2.34. The molecule has 0 saturated carbocycles. The lowest BCUT2D eigenvalue weighted by atomic mass is 9.86. The smallest absolute Gasteiger partial charge is 0.415 e. The van der Waals surface area contributed by atoms with Crippen molar-refractivity contribution in [1.29, 1.82) is 0 Å². The molecular formula is C17H15NO4. The van der Waals surface area contributed by atoms with Crippen LogP contribution in [0.25, 0.3) is 0 Å². The molecule has 1 atom stereocenters. The number of carbonyl (C=O) groups excluding carboxylic acids is 1. The van der Waals surface area contributed by atoms with Gasteiger partial charge < -0.3 is 9.84 Å². The summed E-state index contributed by atoms with van der Waals surface area (Å²) in [7, 11) is 0. The summed E-state index contributed by atoms with van der Waals surface area (Å²) in [6, 6.07) is 18.1. The number of ether oxygens (including phenoxy) is 1. The summed E-state index contributed by atoms with van der Waals surface area (Å²) in [6.07, 6.45) is -0.756. The molecule has 2 aromatic rings. The van der Waals surface area contributed by atoms with Crippen molar-refractivity contribution in [2.24, 2.45) is 0 Å². The molecule has 0 radical (unpaired) electrons. The Balaban J connectivity index is 2.15. The summed E-state index contributed by atoms with van der Waals surface area (Å²) in [6.45, 7) is 0.0110. The Labute approximate surface area is 127 Å². The fourth-order valence-corrected chi connectivity index (χ4v) is 2.86. The number of carboxylic acids is 1. The Bertz CT molecular complexity index is 686. The van der Waals surface area contributed by atoms with Crippen LogP contribution >= 0.6 is 0 Å². The molecule has 0 bridgehead atoms. The van der Waals surface area contributed by atoms with Crippen molar-refractivity contribution in [3.05, 3.63) is 66.2 Å². The Morgan fingerprint density at radius 1 is 1.09 bits per heavy atom. The normalized spacial score (nSPS) is 20.7. The lowest BCUT2D eigenvalue weighted by molar-refractivity contribution is -0.138. The summed E-state index contributed by atoms with van der Waals surface area (Å²) in [4.78, 5) is 25.1. The molecule has 112 valence electrons. The van der Waals surface area contributed by atoms with Gasteiger partial charge in [-0.3, -0.25) is 9.69 Å². The predicted molar refractivity (Wildman–Crippen MR) is 80.6 cm³/mol. The maximum Gasteiger partial charge on any atom is 0.415 e. The zero-order valence-corrected chi connectivity index (χ0v) is 11.8. The molecule has 0 aromatic heterocycles. The molecule has 5 nitrogen and oxygen atoms in total. The number of hydrogen-bond acceptors (Lipinski definition) is 3. The van der Waals surface area contributed by atoms with E-state index in [0.717, 1.165) is 5.56 Å². The van der Waals surface area contributed by atoms with E-state index in [1.54, 1.807) is 24.3 Å². The molecule has 2 aromatic carbocycles. The van der Waals surface area contributed by atoms with Crippen LogP contribution in [0.5, 0.6) is 0 Å². The zero-order valence-electron chi connectivity index (χ0n) is 11.8. The molecule has 3 rings (SSSR count). The van der Waals surface area contributed by atoms with E-state index in [1.165, 1.54) is 4.90 Å². The van der Waals surface area contributed by atoms with Crippen molar-refractivity contribution in [1.82, 2.24) is 0 Å². The molecule has 1 amide bonds. The van der Waals surface area contributed by atoms with Gasteiger partial charge in [-0.15, -0.1) is 0 Å². The van der Waals surface area contributed by atoms with Gasteiger partial charge in [0.05, 0.1) is 6.42 Å². The number of cyclic esters (lactones) is 1. The van der Waals surface area contributed by atoms with Crippen LogP contribution in [0.4, 0.5) is 10.5 Å². The Morgan fingerprint density at radius 2 is 1.68 bits per heavy atom. The standard InChI is InChI=1S/C17H15NO4/c19-15(20)11-17(13-7-3-1-4-8-13)12-22-16(21)18(17)14-9-5-2-6-10-14/h1-10H,11-12H2,(H,19,20). The van der Waals surface area contributed by atoms with Crippen molar-refractivity contribution in [3.63, 3.8) is 0 Å². The van der Waals surface area contributed by atoms with Gasteiger partial charge in [-0.05, 0) is 17.7 Å². The van der Waals surface area contributed by atoms with Crippen LogP contribution < -0.4 is 4.90 Å². The number of anilines is 1. The molecule has 1 fully saturated rings. The van der Waals surface area contributed by atoms with Crippen molar-refractivity contribution in [2.45, 2.75) is 12.0 Å². The SMILES string of the molecule is O=C(O)CC1(c2ccccc2)COC(=O)N1c1ccccc1. The van der Waals surface area contributed by atoms with Crippen LogP contribution in [0.1, 0.15) is 12.0 Å². The number of benzene rings is 2. The van der Waals surface area contributed by atoms with E-state index in [-0.39, 0.29) is 13.0 Å². The number of hydrogen-bond donors (Lipinski definition) is 1. The Morgan fingerprint density at radius 3 is 2.27 bits per heavy atom. The minimum atomic E-state index is -1.04. The lowest BCUT2D eigenvalue weighted by Crippen LogP contribution is -2.46. The summed E-state index contributed by atoms with van der Waals surface area (Å²) in [5.41, 5.74) is 0.327. The summed E-state index contributed by atoms with van der Waals surface area (Å²) in [5, 5.41) is 9.36. The minimum absolute atomic E-state index is 0.0110. The van der Waals surface area contributed by atoms with E-state index < -0.39 is 17.6 Å². The first-order valence-electron chi connectivity index (χ1n) is 6.93. The Hall–Kier alpha value is -2.82. The van der Waals surface area contributed by atoms with E-state index in [2.05, 4.69) is 0 Å². The molecule has 22 heavy (non-hydrogen) atoms. The maximum absolute atomic E-state index is 12.3. The van der Waals surface area contributed by atoms with Crippen LogP contribution in [-0.4, -0.2) is 23.8 Å². The first-order valence-corrected chi connectivity index (χ1v) is 6.93. The number of amides is 1. The van der Waals surface area contributed by atoms with E-state index in [1.807, 2.05) is 36.4 Å². The highest BCUT2D eigenvalue weighted by atomic mass is 16.6. The topological polar surface area (TPSA) is 66.8 Å². The number of carbonyl (C=O) groups is 2. The summed E-state index contributed by atoms with van der Waals surface area (Å²) >= 11 is 0. The second-order valence-corrected chi connectivity index (χ2v) is 5.19. The number of rotatable bonds is 4. The van der Waals surface area contributed by atoms with Crippen molar-refractivity contribution in [2.75, 3.05) is 11.5 Å². The van der Waals surface area contributed by atoms with Crippen LogP contribution in [0, 0.1) is 0 Å². The fraction of sp³-hybridized carbons (Fsp3) is 0.176. The van der Waals surface area contributed by atoms with Crippen LogP contribution in [0.3, 0.4) is 0 Å². The van der Waals surface area contributed by atoms with Gasteiger partial charge in [-0.2, -0.15) is 0 Å². The van der Waals surface area contributed by atoms with Gasteiger partial charge in [-0.1, -0.05) is 48.5 Å². The van der Waals surface area contributed by atoms with E-state index >= 15 is 0 Å². The molecule has 5 heteroatoms. The number of nitrogens with zero attached hydrogens (tertiary/aromatic N) is 1. The molecule has 1 N–H and O–H groups in total. The van der Waals surface area contributed by atoms with Crippen molar-refractivity contribution < 1.29 is 19.4 Å². The van der Waals surface area contributed by atoms with Gasteiger partial charge in [0.1, 0.15) is 12.1 Å². The fourth-order valence-electron chi connectivity index (χ4n) is 2.86. The largest absolute Gasteiger partial charge is 0.481 e. The molecule has 1 heterocycles. The summed E-state index contributed by atoms with van der Waals surface area (Å²) in [5.74, 6) is -0.983. The molecule has 1 aliphatic heterocycles. The van der Waals surface area contributed by atoms with Crippen LogP contribution in [0.2, 0.25) is 0 Å².